The maximum atomic E-state index is 11.8. The summed E-state index contributed by atoms with van der Waals surface area (Å²) in [6, 6.07) is 18.9. The Hall–Kier alpha value is -2.39. The highest BCUT2D eigenvalue weighted by Gasteiger charge is 2.22. The molecule has 0 unspecified atom stereocenters. The summed E-state index contributed by atoms with van der Waals surface area (Å²) < 4.78 is 0. The van der Waals surface area contributed by atoms with Crippen LogP contribution in [0.3, 0.4) is 0 Å². The van der Waals surface area contributed by atoms with Crippen LogP contribution < -0.4 is 5.32 Å². The monoisotopic (exact) mass is 281 g/mol. The second-order valence-corrected chi connectivity index (χ2v) is 5.10. The maximum Gasteiger partial charge on any atom is 0.244 e. The number of hydrogen-bond acceptors (Lipinski definition) is 2. The molecular formula is C18H19NO2. The van der Waals surface area contributed by atoms with Gasteiger partial charge in [0.25, 0.3) is 0 Å². The van der Waals surface area contributed by atoms with Crippen LogP contribution in [0, 0.1) is 0 Å². The lowest BCUT2D eigenvalue weighted by atomic mass is 9.96. The topological polar surface area (TPSA) is 49.3 Å². The Labute approximate surface area is 124 Å². The zero-order valence-electron chi connectivity index (χ0n) is 12.0. The molecule has 0 aliphatic carbocycles. The van der Waals surface area contributed by atoms with E-state index in [1.807, 2.05) is 60.7 Å². The third-order valence-electron chi connectivity index (χ3n) is 3.23. The van der Waals surface area contributed by atoms with Crippen molar-refractivity contribution >= 4 is 12.0 Å². The van der Waals surface area contributed by atoms with Gasteiger partial charge >= 0.3 is 0 Å². The standard InChI is InChI=1S/C18H19NO2/c1-18(21,16-10-6-3-7-11-16)14-19-17(20)13-12-15-8-4-2-5-9-15/h2-13,21H,14H2,1H3,(H,19,20)/b13-12+/t18-/m0/s1. The summed E-state index contributed by atoms with van der Waals surface area (Å²) in [6.45, 7) is 1.85. The SMILES string of the molecule is C[C@](O)(CNC(=O)/C=C/c1ccccc1)c1ccccc1. The van der Waals surface area contributed by atoms with Crippen LogP contribution in [0.15, 0.2) is 66.7 Å². The summed E-state index contributed by atoms with van der Waals surface area (Å²) in [6.07, 6.45) is 3.21. The van der Waals surface area contributed by atoms with Gasteiger partial charge < -0.3 is 10.4 Å². The van der Waals surface area contributed by atoms with Crippen molar-refractivity contribution in [3.8, 4) is 0 Å². The number of amides is 1. The van der Waals surface area contributed by atoms with Gasteiger partial charge in [0.15, 0.2) is 0 Å². The largest absolute Gasteiger partial charge is 0.384 e. The van der Waals surface area contributed by atoms with E-state index in [4.69, 9.17) is 0 Å². The molecule has 0 fully saturated rings. The fourth-order valence-electron chi connectivity index (χ4n) is 1.95. The first-order valence-corrected chi connectivity index (χ1v) is 6.87. The van der Waals surface area contributed by atoms with Crippen LogP contribution in [0.4, 0.5) is 0 Å². The molecular weight excluding hydrogens is 262 g/mol. The van der Waals surface area contributed by atoms with Crippen LogP contribution in [-0.2, 0) is 10.4 Å². The molecule has 21 heavy (non-hydrogen) atoms. The number of carbonyl (C=O) groups excluding carboxylic acids is 1. The number of aliphatic hydroxyl groups is 1. The van der Waals surface area contributed by atoms with Crippen molar-refractivity contribution in [1.82, 2.24) is 5.32 Å². The van der Waals surface area contributed by atoms with Gasteiger partial charge in [-0.25, -0.2) is 0 Å². The van der Waals surface area contributed by atoms with Crippen LogP contribution >= 0.6 is 0 Å². The first-order chi connectivity index (χ1) is 10.1. The van der Waals surface area contributed by atoms with E-state index in [-0.39, 0.29) is 12.5 Å². The molecule has 108 valence electrons. The molecule has 0 radical (unpaired) electrons. The molecule has 0 bridgehead atoms. The lowest BCUT2D eigenvalue weighted by Crippen LogP contribution is -2.37. The quantitative estimate of drug-likeness (QED) is 0.828. The minimum Gasteiger partial charge on any atom is -0.384 e. The summed E-state index contributed by atoms with van der Waals surface area (Å²) in [4.78, 5) is 11.8. The van der Waals surface area contributed by atoms with E-state index in [0.29, 0.717) is 0 Å². The molecule has 2 N–H and O–H groups in total. The van der Waals surface area contributed by atoms with E-state index in [1.54, 1.807) is 13.0 Å². The van der Waals surface area contributed by atoms with Crippen LogP contribution in [0.2, 0.25) is 0 Å². The van der Waals surface area contributed by atoms with Crippen LogP contribution in [-0.4, -0.2) is 17.6 Å². The van der Waals surface area contributed by atoms with Crippen LogP contribution in [0.1, 0.15) is 18.1 Å². The van der Waals surface area contributed by atoms with E-state index in [0.717, 1.165) is 11.1 Å². The highest BCUT2D eigenvalue weighted by Crippen LogP contribution is 2.18. The zero-order valence-corrected chi connectivity index (χ0v) is 12.0. The molecule has 1 atom stereocenters. The highest BCUT2D eigenvalue weighted by atomic mass is 16.3. The Morgan fingerprint density at radius 1 is 1.10 bits per heavy atom. The Bertz CT molecular complexity index is 604. The Balaban J connectivity index is 1.91. The molecule has 0 saturated carbocycles. The second kappa shape index (κ2) is 6.86. The molecule has 0 aliphatic heterocycles. The van der Waals surface area contributed by atoms with Crippen LogP contribution in [0.5, 0.6) is 0 Å². The fourth-order valence-corrected chi connectivity index (χ4v) is 1.95. The number of nitrogens with one attached hydrogen (secondary N) is 1. The predicted molar refractivity (Wildman–Crippen MR) is 84.5 cm³/mol. The van der Waals surface area contributed by atoms with Gasteiger partial charge in [-0.15, -0.1) is 0 Å². The molecule has 0 spiro atoms. The normalized spacial score (nSPS) is 13.8. The molecule has 2 aromatic rings. The molecule has 3 heteroatoms. The van der Waals surface area contributed by atoms with Crippen molar-refractivity contribution in [2.24, 2.45) is 0 Å². The molecule has 0 saturated heterocycles. The first-order valence-electron chi connectivity index (χ1n) is 6.87. The molecule has 2 rings (SSSR count). The van der Waals surface area contributed by atoms with Crippen molar-refractivity contribution in [1.29, 1.82) is 0 Å². The molecule has 2 aromatic carbocycles. The first kappa shape index (κ1) is 15.0. The number of hydrogen-bond donors (Lipinski definition) is 2. The lowest BCUT2D eigenvalue weighted by Gasteiger charge is -2.23. The summed E-state index contributed by atoms with van der Waals surface area (Å²) >= 11 is 0. The van der Waals surface area contributed by atoms with E-state index in [2.05, 4.69) is 5.32 Å². The number of rotatable bonds is 5. The van der Waals surface area contributed by atoms with E-state index in [1.165, 1.54) is 6.08 Å². The average Bonchev–Trinajstić information content (AvgIpc) is 2.53. The van der Waals surface area contributed by atoms with Crippen molar-refractivity contribution in [3.63, 3.8) is 0 Å². The van der Waals surface area contributed by atoms with Crippen molar-refractivity contribution < 1.29 is 9.90 Å². The summed E-state index contributed by atoms with van der Waals surface area (Å²) in [5.41, 5.74) is 0.650. The second-order valence-electron chi connectivity index (χ2n) is 5.10. The molecule has 0 heterocycles. The van der Waals surface area contributed by atoms with Crippen molar-refractivity contribution in [3.05, 3.63) is 77.9 Å². The summed E-state index contributed by atoms with van der Waals surface area (Å²) in [5.74, 6) is -0.227. The summed E-state index contributed by atoms with van der Waals surface area (Å²) in [7, 11) is 0. The number of carbonyl (C=O) groups is 1. The lowest BCUT2D eigenvalue weighted by molar-refractivity contribution is -0.117. The minimum atomic E-state index is -1.09. The zero-order chi connectivity index (χ0) is 15.1. The van der Waals surface area contributed by atoms with Gasteiger partial charge in [0, 0.05) is 6.08 Å². The van der Waals surface area contributed by atoms with Gasteiger partial charge in [0.2, 0.25) is 5.91 Å². The van der Waals surface area contributed by atoms with E-state index in [9.17, 15) is 9.90 Å². The average molecular weight is 281 g/mol. The Kier molecular flexibility index (Phi) is 4.90. The van der Waals surface area contributed by atoms with Gasteiger partial charge in [0.05, 0.1) is 6.54 Å². The highest BCUT2D eigenvalue weighted by molar-refractivity contribution is 5.91. The van der Waals surface area contributed by atoms with Crippen LogP contribution in [0.25, 0.3) is 6.08 Å². The van der Waals surface area contributed by atoms with Gasteiger partial charge in [-0.05, 0) is 24.1 Å². The Morgan fingerprint density at radius 3 is 2.29 bits per heavy atom. The van der Waals surface area contributed by atoms with Gasteiger partial charge in [-0.2, -0.15) is 0 Å². The molecule has 0 aromatic heterocycles. The van der Waals surface area contributed by atoms with Gasteiger partial charge in [-0.1, -0.05) is 60.7 Å². The van der Waals surface area contributed by atoms with Crippen molar-refractivity contribution in [2.75, 3.05) is 6.54 Å². The number of benzene rings is 2. The molecule has 1 amide bonds. The van der Waals surface area contributed by atoms with E-state index >= 15 is 0 Å². The van der Waals surface area contributed by atoms with E-state index < -0.39 is 5.60 Å². The molecule has 0 aliphatic rings. The van der Waals surface area contributed by atoms with Gasteiger partial charge in [-0.3, -0.25) is 4.79 Å². The fraction of sp³-hybridized carbons (Fsp3) is 0.167. The maximum absolute atomic E-state index is 11.8. The third kappa shape index (κ3) is 4.58. The Morgan fingerprint density at radius 2 is 1.67 bits per heavy atom. The smallest absolute Gasteiger partial charge is 0.244 e. The summed E-state index contributed by atoms with van der Waals surface area (Å²) in [5, 5.41) is 13.1. The van der Waals surface area contributed by atoms with Crippen molar-refractivity contribution in [2.45, 2.75) is 12.5 Å². The third-order valence-corrected chi connectivity index (χ3v) is 3.23. The molecule has 3 nitrogen and oxygen atoms in total. The van der Waals surface area contributed by atoms with Gasteiger partial charge in [0.1, 0.15) is 5.60 Å². The minimum absolute atomic E-state index is 0.162. The predicted octanol–water partition coefficient (Wildman–Crippen LogP) is 2.72.